The van der Waals surface area contributed by atoms with Crippen LogP contribution in [-0.4, -0.2) is 5.91 Å². The Bertz CT molecular complexity index is 542. The van der Waals surface area contributed by atoms with Crippen molar-refractivity contribution in [2.45, 2.75) is 0 Å². The van der Waals surface area contributed by atoms with E-state index in [0.717, 1.165) is 13.7 Å². The number of amides is 1. The molecule has 0 saturated carbocycles. The molecular formula is C13H9BrINO. The van der Waals surface area contributed by atoms with Gasteiger partial charge >= 0.3 is 0 Å². The Morgan fingerprint density at radius 2 is 1.82 bits per heavy atom. The first-order valence-electron chi connectivity index (χ1n) is 4.98. The highest BCUT2D eigenvalue weighted by molar-refractivity contribution is 14.1. The molecule has 2 aromatic rings. The fraction of sp³-hybridized carbons (Fsp3) is 0. The van der Waals surface area contributed by atoms with Crippen LogP contribution in [0, 0.1) is 3.57 Å². The van der Waals surface area contributed by atoms with Crippen molar-refractivity contribution in [3.63, 3.8) is 0 Å². The van der Waals surface area contributed by atoms with Crippen molar-refractivity contribution in [1.29, 1.82) is 0 Å². The van der Waals surface area contributed by atoms with E-state index in [4.69, 9.17) is 0 Å². The summed E-state index contributed by atoms with van der Waals surface area (Å²) in [5.41, 5.74) is 1.48. The van der Waals surface area contributed by atoms with E-state index in [1.807, 2.05) is 36.4 Å². The molecule has 86 valence electrons. The highest BCUT2D eigenvalue weighted by Crippen LogP contribution is 2.23. The molecule has 0 aromatic heterocycles. The lowest BCUT2D eigenvalue weighted by atomic mass is 10.2. The molecule has 0 unspecified atom stereocenters. The average Bonchev–Trinajstić information content (AvgIpc) is 2.34. The number of hydrogen-bond acceptors (Lipinski definition) is 1. The molecule has 1 N–H and O–H groups in total. The van der Waals surface area contributed by atoms with Gasteiger partial charge in [0.25, 0.3) is 5.91 Å². The van der Waals surface area contributed by atoms with E-state index in [0.29, 0.717) is 5.56 Å². The molecule has 2 rings (SSSR count). The number of anilines is 1. The van der Waals surface area contributed by atoms with Crippen molar-refractivity contribution >= 4 is 50.1 Å². The Morgan fingerprint density at radius 1 is 1.12 bits per heavy atom. The SMILES string of the molecule is O=C(Nc1ccc(Br)cc1I)c1ccccc1. The topological polar surface area (TPSA) is 29.1 Å². The van der Waals surface area contributed by atoms with E-state index in [1.165, 1.54) is 0 Å². The van der Waals surface area contributed by atoms with Gasteiger partial charge in [-0.15, -0.1) is 0 Å². The van der Waals surface area contributed by atoms with Gasteiger partial charge in [-0.3, -0.25) is 4.79 Å². The molecule has 2 nitrogen and oxygen atoms in total. The summed E-state index contributed by atoms with van der Waals surface area (Å²) in [6.45, 7) is 0. The summed E-state index contributed by atoms with van der Waals surface area (Å²) >= 11 is 5.58. The predicted molar refractivity (Wildman–Crippen MR) is 81.3 cm³/mol. The fourth-order valence-electron chi connectivity index (χ4n) is 1.37. The molecule has 0 fully saturated rings. The summed E-state index contributed by atoms with van der Waals surface area (Å²) in [7, 11) is 0. The molecule has 0 heterocycles. The molecular weight excluding hydrogens is 393 g/mol. The molecule has 0 aliphatic rings. The first kappa shape index (κ1) is 12.6. The standard InChI is InChI=1S/C13H9BrINO/c14-10-6-7-12(11(15)8-10)16-13(17)9-4-2-1-3-5-9/h1-8H,(H,16,17). The van der Waals surface area contributed by atoms with E-state index in [-0.39, 0.29) is 5.91 Å². The molecule has 0 saturated heterocycles. The van der Waals surface area contributed by atoms with E-state index in [1.54, 1.807) is 12.1 Å². The van der Waals surface area contributed by atoms with Crippen molar-refractivity contribution in [3.05, 3.63) is 62.1 Å². The maximum atomic E-state index is 11.9. The molecule has 2 aromatic carbocycles. The highest BCUT2D eigenvalue weighted by Gasteiger charge is 2.07. The van der Waals surface area contributed by atoms with E-state index < -0.39 is 0 Å². The van der Waals surface area contributed by atoms with Crippen LogP contribution in [0.15, 0.2) is 53.0 Å². The second-order valence-corrected chi connectivity index (χ2v) is 5.52. The van der Waals surface area contributed by atoms with Crippen LogP contribution in [0.1, 0.15) is 10.4 Å². The highest BCUT2D eigenvalue weighted by atomic mass is 127. The van der Waals surface area contributed by atoms with Crippen LogP contribution in [-0.2, 0) is 0 Å². The lowest BCUT2D eigenvalue weighted by molar-refractivity contribution is 0.102. The lowest BCUT2D eigenvalue weighted by Gasteiger charge is -2.07. The van der Waals surface area contributed by atoms with Crippen molar-refractivity contribution < 1.29 is 4.79 Å². The normalized spacial score (nSPS) is 10.0. The minimum atomic E-state index is -0.0918. The van der Waals surface area contributed by atoms with E-state index in [2.05, 4.69) is 43.8 Å². The van der Waals surface area contributed by atoms with Gasteiger partial charge in [0.1, 0.15) is 0 Å². The number of nitrogens with one attached hydrogen (secondary N) is 1. The summed E-state index contributed by atoms with van der Waals surface area (Å²) in [5.74, 6) is -0.0918. The van der Waals surface area contributed by atoms with Gasteiger partial charge in [0.15, 0.2) is 0 Å². The largest absolute Gasteiger partial charge is 0.321 e. The van der Waals surface area contributed by atoms with Crippen LogP contribution in [0.25, 0.3) is 0 Å². The van der Waals surface area contributed by atoms with Crippen LogP contribution in [0.5, 0.6) is 0 Å². The minimum Gasteiger partial charge on any atom is -0.321 e. The Balaban J connectivity index is 2.19. The zero-order chi connectivity index (χ0) is 12.3. The number of halogens is 2. The van der Waals surface area contributed by atoms with E-state index >= 15 is 0 Å². The number of carbonyl (C=O) groups is 1. The Kier molecular flexibility index (Phi) is 4.17. The third kappa shape index (κ3) is 3.29. The smallest absolute Gasteiger partial charge is 0.255 e. The molecule has 4 heteroatoms. The molecule has 0 radical (unpaired) electrons. The molecule has 0 spiro atoms. The van der Waals surface area contributed by atoms with Crippen LogP contribution in [0.2, 0.25) is 0 Å². The van der Waals surface area contributed by atoms with Gasteiger partial charge in [-0.05, 0) is 52.9 Å². The summed E-state index contributed by atoms with van der Waals surface area (Å²) in [4.78, 5) is 11.9. The van der Waals surface area contributed by atoms with Crippen molar-refractivity contribution in [2.24, 2.45) is 0 Å². The third-order valence-corrected chi connectivity index (χ3v) is 3.60. The summed E-state index contributed by atoms with van der Waals surface area (Å²) in [5, 5.41) is 2.89. The van der Waals surface area contributed by atoms with Gasteiger partial charge < -0.3 is 5.32 Å². The number of rotatable bonds is 2. The van der Waals surface area contributed by atoms with Crippen LogP contribution >= 0.6 is 38.5 Å². The van der Waals surface area contributed by atoms with Gasteiger partial charge in [0.05, 0.1) is 5.69 Å². The van der Waals surface area contributed by atoms with Gasteiger partial charge in [-0.1, -0.05) is 34.1 Å². The summed E-state index contributed by atoms with van der Waals surface area (Å²) < 4.78 is 2.00. The fourth-order valence-corrected chi connectivity index (χ4v) is 2.81. The second-order valence-electron chi connectivity index (χ2n) is 3.44. The Hall–Kier alpha value is -0.880. The molecule has 0 atom stereocenters. The van der Waals surface area contributed by atoms with Crippen molar-refractivity contribution in [3.8, 4) is 0 Å². The van der Waals surface area contributed by atoms with Crippen LogP contribution < -0.4 is 5.32 Å². The lowest BCUT2D eigenvalue weighted by Crippen LogP contribution is -2.12. The molecule has 1 amide bonds. The first-order valence-corrected chi connectivity index (χ1v) is 6.85. The quantitative estimate of drug-likeness (QED) is 0.746. The number of hydrogen-bond donors (Lipinski definition) is 1. The average molecular weight is 402 g/mol. The van der Waals surface area contributed by atoms with Crippen molar-refractivity contribution in [2.75, 3.05) is 5.32 Å². The first-order chi connectivity index (χ1) is 8.16. The zero-order valence-electron chi connectivity index (χ0n) is 8.78. The number of carbonyl (C=O) groups excluding carboxylic acids is 1. The molecule has 0 aliphatic heterocycles. The monoisotopic (exact) mass is 401 g/mol. The Morgan fingerprint density at radius 3 is 2.47 bits per heavy atom. The number of benzene rings is 2. The maximum Gasteiger partial charge on any atom is 0.255 e. The summed E-state index contributed by atoms with van der Waals surface area (Å²) in [6, 6.07) is 14.9. The van der Waals surface area contributed by atoms with E-state index in [9.17, 15) is 4.79 Å². The van der Waals surface area contributed by atoms with Crippen molar-refractivity contribution in [1.82, 2.24) is 0 Å². The van der Waals surface area contributed by atoms with Crippen LogP contribution in [0.4, 0.5) is 5.69 Å². The summed E-state index contributed by atoms with van der Waals surface area (Å²) in [6.07, 6.45) is 0. The third-order valence-electron chi connectivity index (χ3n) is 2.22. The Labute approximate surface area is 122 Å². The molecule has 17 heavy (non-hydrogen) atoms. The van der Waals surface area contributed by atoms with Gasteiger partial charge in [0, 0.05) is 13.6 Å². The van der Waals surface area contributed by atoms with Gasteiger partial charge in [-0.2, -0.15) is 0 Å². The molecule has 0 aliphatic carbocycles. The molecule has 0 bridgehead atoms. The maximum absolute atomic E-state index is 11.9. The second kappa shape index (κ2) is 5.64. The van der Waals surface area contributed by atoms with Gasteiger partial charge in [-0.25, -0.2) is 0 Å². The zero-order valence-corrected chi connectivity index (χ0v) is 12.5. The predicted octanol–water partition coefficient (Wildman–Crippen LogP) is 4.31. The minimum absolute atomic E-state index is 0.0918. The van der Waals surface area contributed by atoms with Gasteiger partial charge in [0.2, 0.25) is 0 Å². The van der Waals surface area contributed by atoms with Crippen LogP contribution in [0.3, 0.4) is 0 Å².